The number of hydrazine groups is 1. The molecule has 1 aromatic rings. The van der Waals surface area contributed by atoms with Crippen molar-refractivity contribution in [3.8, 4) is 0 Å². The summed E-state index contributed by atoms with van der Waals surface area (Å²) in [6.45, 7) is 5.12. The van der Waals surface area contributed by atoms with Crippen LogP contribution in [0, 0.1) is 0 Å². The molecule has 0 aliphatic heterocycles. The van der Waals surface area contributed by atoms with Crippen LogP contribution in [0.3, 0.4) is 0 Å². The summed E-state index contributed by atoms with van der Waals surface area (Å²) in [6.07, 6.45) is 0. The summed E-state index contributed by atoms with van der Waals surface area (Å²) in [5, 5.41) is 0. The first kappa shape index (κ1) is 12.4. The third-order valence-corrected chi connectivity index (χ3v) is 1.95. The van der Waals surface area contributed by atoms with Crippen LogP contribution in [0.25, 0.3) is 0 Å². The summed E-state index contributed by atoms with van der Waals surface area (Å²) in [5.41, 5.74) is 5.23. The Morgan fingerprint density at radius 2 is 1.77 bits per heavy atom. The Labute approximate surface area is 85.9 Å². The maximum Gasteiger partial charge on any atom is 0.0348 e. The van der Waals surface area contributed by atoms with Gasteiger partial charge in [0.05, 0.1) is 0 Å². The molecule has 0 fully saturated rings. The van der Waals surface area contributed by atoms with Crippen molar-refractivity contribution < 1.29 is 12.4 Å². The fraction of sp³-hybridized carbons (Fsp3) is 0.400. The first-order valence-corrected chi connectivity index (χ1v) is 4.26. The van der Waals surface area contributed by atoms with E-state index in [0.29, 0.717) is 5.92 Å². The van der Waals surface area contributed by atoms with Crippen molar-refractivity contribution >= 4 is 0 Å². The van der Waals surface area contributed by atoms with Gasteiger partial charge < -0.3 is 12.4 Å². The topological polar surface area (TPSA) is 38.0 Å². The third kappa shape index (κ3) is 3.77. The van der Waals surface area contributed by atoms with E-state index in [4.69, 9.17) is 5.84 Å². The molecule has 1 aromatic carbocycles. The van der Waals surface area contributed by atoms with E-state index in [1.807, 2.05) is 0 Å². The molecule has 0 spiro atoms. The van der Waals surface area contributed by atoms with Crippen molar-refractivity contribution in [2.75, 3.05) is 0 Å². The fourth-order valence-electron chi connectivity index (χ4n) is 1.14. The molecule has 0 aliphatic carbocycles. The number of benzene rings is 1. The monoisotopic (exact) mass is 199 g/mol. The van der Waals surface area contributed by atoms with Crippen LogP contribution < -0.4 is 23.7 Å². The normalized spacial score (nSPS) is 9.85. The van der Waals surface area contributed by atoms with Crippen LogP contribution in [0.4, 0.5) is 0 Å². The summed E-state index contributed by atoms with van der Waals surface area (Å²) in [6, 6.07) is 8.51. The standard InChI is InChI=1S/C10H16N2.ClH/c1-8(2)10-5-3-9(4-6-10)7-12-11;/h3-6,8,12H,7,11H2,1-2H3;1H/p-1. The molecule has 13 heavy (non-hydrogen) atoms. The Bertz CT molecular complexity index is 231. The van der Waals surface area contributed by atoms with Crippen LogP contribution in [0.5, 0.6) is 0 Å². The van der Waals surface area contributed by atoms with Gasteiger partial charge in [-0.15, -0.1) is 0 Å². The highest BCUT2D eigenvalue weighted by Crippen LogP contribution is 2.14. The second-order valence-electron chi connectivity index (χ2n) is 3.28. The molecule has 74 valence electrons. The SMILES string of the molecule is CC(C)c1ccc(CNN)cc1.[Cl-]. The molecule has 0 bridgehead atoms. The zero-order valence-corrected chi connectivity index (χ0v) is 8.81. The molecular formula is C10H16ClN2-. The van der Waals surface area contributed by atoms with Crippen LogP contribution in [0.15, 0.2) is 24.3 Å². The van der Waals surface area contributed by atoms with Crippen molar-refractivity contribution in [1.82, 2.24) is 5.43 Å². The van der Waals surface area contributed by atoms with Crippen LogP contribution in [0.2, 0.25) is 0 Å². The highest BCUT2D eigenvalue weighted by atomic mass is 35.5. The molecule has 0 saturated carbocycles. The molecule has 0 aliphatic rings. The lowest BCUT2D eigenvalue weighted by Gasteiger charge is -2.05. The van der Waals surface area contributed by atoms with Gasteiger partial charge in [0.2, 0.25) is 0 Å². The summed E-state index contributed by atoms with van der Waals surface area (Å²) < 4.78 is 0. The summed E-state index contributed by atoms with van der Waals surface area (Å²) >= 11 is 0. The molecule has 0 heterocycles. The predicted molar refractivity (Wildman–Crippen MR) is 51.6 cm³/mol. The number of nitrogens with two attached hydrogens (primary N) is 1. The molecule has 0 amide bonds. The Hall–Kier alpha value is -0.570. The molecule has 0 saturated heterocycles. The van der Waals surface area contributed by atoms with Gasteiger partial charge >= 0.3 is 0 Å². The maximum atomic E-state index is 5.21. The van der Waals surface area contributed by atoms with Crippen molar-refractivity contribution in [3.63, 3.8) is 0 Å². The first-order valence-electron chi connectivity index (χ1n) is 4.26. The molecule has 3 heteroatoms. The van der Waals surface area contributed by atoms with Gasteiger partial charge in [0.25, 0.3) is 0 Å². The number of hydrogen-bond acceptors (Lipinski definition) is 2. The second kappa shape index (κ2) is 5.97. The van der Waals surface area contributed by atoms with Gasteiger partial charge in [-0.05, 0) is 17.0 Å². The van der Waals surface area contributed by atoms with E-state index >= 15 is 0 Å². The molecule has 0 radical (unpaired) electrons. The van der Waals surface area contributed by atoms with Crippen LogP contribution >= 0.6 is 0 Å². The molecule has 2 nitrogen and oxygen atoms in total. The van der Waals surface area contributed by atoms with Gasteiger partial charge in [-0.1, -0.05) is 38.1 Å². The largest absolute Gasteiger partial charge is 1.00 e. The highest BCUT2D eigenvalue weighted by Gasteiger charge is 1.97. The highest BCUT2D eigenvalue weighted by molar-refractivity contribution is 5.24. The van der Waals surface area contributed by atoms with Crippen LogP contribution in [0.1, 0.15) is 30.9 Å². The van der Waals surface area contributed by atoms with Crippen LogP contribution in [-0.2, 0) is 6.54 Å². The Morgan fingerprint density at radius 1 is 1.23 bits per heavy atom. The van der Waals surface area contributed by atoms with Gasteiger partial charge in [0.1, 0.15) is 0 Å². The second-order valence-corrected chi connectivity index (χ2v) is 3.28. The van der Waals surface area contributed by atoms with E-state index in [0.717, 1.165) is 6.54 Å². The molecule has 0 unspecified atom stereocenters. The van der Waals surface area contributed by atoms with Gasteiger partial charge in [0, 0.05) is 6.54 Å². The van der Waals surface area contributed by atoms with Crippen molar-refractivity contribution in [1.29, 1.82) is 0 Å². The van der Waals surface area contributed by atoms with Crippen molar-refractivity contribution in [3.05, 3.63) is 35.4 Å². The lowest BCUT2D eigenvalue weighted by molar-refractivity contribution is -0.00000276. The van der Waals surface area contributed by atoms with Gasteiger partial charge in [-0.3, -0.25) is 11.3 Å². The van der Waals surface area contributed by atoms with Gasteiger partial charge in [0.15, 0.2) is 0 Å². The quantitative estimate of drug-likeness (QED) is 0.473. The summed E-state index contributed by atoms with van der Waals surface area (Å²) in [4.78, 5) is 0. The van der Waals surface area contributed by atoms with Crippen molar-refractivity contribution in [2.45, 2.75) is 26.3 Å². The molecule has 0 aromatic heterocycles. The Morgan fingerprint density at radius 3 is 2.15 bits per heavy atom. The predicted octanol–water partition coefficient (Wildman–Crippen LogP) is -1.22. The molecule has 3 N–H and O–H groups in total. The van der Waals surface area contributed by atoms with Gasteiger partial charge in [-0.25, -0.2) is 0 Å². The Balaban J connectivity index is 0.00000144. The minimum Gasteiger partial charge on any atom is -1.00 e. The number of halogens is 1. The van der Waals surface area contributed by atoms with E-state index in [-0.39, 0.29) is 12.4 Å². The van der Waals surface area contributed by atoms with E-state index < -0.39 is 0 Å². The maximum absolute atomic E-state index is 5.21. The zero-order chi connectivity index (χ0) is 8.97. The zero-order valence-electron chi connectivity index (χ0n) is 8.05. The molecule has 1 rings (SSSR count). The number of nitrogens with one attached hydrogen (secondary N) is 1. The number of hydrogen-bond donors (Lipinski definition) is 2. The average molecular weight is 200 g/mol. The molecular weight excluding hydrogens is 184 g/mol. The third-order valence-electron chi connectivity index (χ3n) is 1.95. The van der Waals surface area contributed by atoms with Crippen LogP contribution in [-0.4, -0.2) is 0 Å². The molecule has 0 atom stereocenters. The van der Waals surface area contributed by atoms with E-state index in [2.05, 4.69) is 43.5 Å². The minimum absolute atomic E-state index is 0. The van der Waals surface area contributed by atoms with E-state index in [1.165, 1.54) is 11.1 Å². The lowest BCUT2D eigenvalue weighted by Crippen LogP contribution is -3.00. The Kier molecular flexibility index (Phi) is 5.71. The minimum atomic E-state index is 0. The summed E-state index contributed by atoms with van der Waals surface area (Å²) in [5.74, 6) is 5.81. The lowest BCUT2D eigenvalue weighted by atomic mass is 10.0. The van der Waals surface area contributed by atoms with Gasteiger partial charge in [-0.2, -0.15) is 0 Å². The van der Waals surface area contributed by atoms with E-state index in [9.17, 15) is 0 Å². The summed E-state index contributed by atoms with van der Waals surface area (Å²) in [7, 11) is 0. The first-order chi connectivity index (χ1) is 5.74. The smallest absolute Gasteiger partial charge is 0.0348 e. The van der Waals surface area contributed by atoms with E-state index in [1.54, 1.807) is 0 Å². The van der Waals surface area contributed by atoms with Crippen molar-refractivity contribution in [2.24, 2.45) is 5.84 Å². The average Bonchev–Trinajstić information content (AvgIpc) is 2.06. The number of rotatable bonds is 3. The fourth-order valence-corrected chi connectivity index (χ4v) is 1.14.